The topological polar surface area (TPSA) is 66.0 Å². The van der Waals surface area contributed by atoms with Gasteiger partial charge in [0, 0.05) is 12.9 Å². The third-order valence-electron chi connectivity index (χ3n) is 2.22. The second-order valence-electron chi connectivity index (χ2n) is 3.48. The smallest absolute Gasteiger partial charge is 0.210 e. The number of hydrogen-bond donors (Lipinski definition) is 1. The first-order valence-corrected chi connectivity index (χ1v) is 6.15. The van der Waals surface area contributed by atoms with Gasteiger partial charge in [-0.1, -0.05) is 42.1 Å². The molecule has 0 aliphatic heterocycles. The van der Waals surface area contributed by atoms with Gasteiger partial charge in [-0.3, -0.25) is 0 Å². The van der Waals surface area contributed by atoms with Gasteiger partial charge in [0.15, 0.2) is 5.82 Å². The molecule has 0 saturated carbocycles. The number of nitrogens with two attached hydrogens (primary N) is 1. The third kappa shape index (κ3) is 2.98. The molecule has 0 unspecified atom stereocenters. The maximum Gasteiger partial charge on any atom is 0.210 e. The second-order valence-corrected chi connectivity index (χ2v) is 4.42. The summed E-state index contributed by atoms with van der Waals surface area (Å²) in [5, 5.41) is 8.68. The van der Waals surface area contributed by atoms with E-state index in [1.165, 1.54) is 10.2 Å². The number of aromatic nitrogens is 3. The van der Waals surface area contributed by atoms with Gasteiger partial charge in [-0.05, 0) is 5.56 Å². The van der Waals surface area contributed by atoms with E-state index in [0.717, 1.165) is 5.75 Å². The van der Waals surface area contributed by atoms with E-state index in [-0.39, 0.29) is 0 Å². The van der Waals surface area contributed by atoms with Crippen molar-refractivity contribution in [2.45, 2.75) is 17.5 Å². The fraction of sp³-hybridized carbons (Fsp3) is 0.273. The zero-order valence-corrected chi connectivity index (χ0v) is 10.4. The second kappa shape index (κ2) is 5.70. The molecule has 0 fully saturated rings. The largest absolute Gasteiger partial charge is 0.377 e. The Labute approximate surface area is 104 Å². The van der Waals surface area contributed by atoms with Crippen LogP contribution in [0.3, 0.4) is 0 Å². The molecular formula is C11H14N4OS. The summed E-state index contributed by atoms with van der Waals surface area (Å²) in [6.07, 6.45) is 0. The summed E-state index contributed by atoms with van der Waals surface area (Å²) in [6, 6.07) is 10.2. The highest BCUT2D eigenvalue weighted by atomic mass is 32.2. The van der Waals surface area contributed by atoms with Gasteiger partial charge in [-0.25, -0.2) is 4.68 Å². The van der Waals surface area contributed by atoms with Gasteiger partial charge >= 0.3 is 0 Å². The molecule has 1 aromatic carbocycles. The third-order valence-corrected chi connectivity index (χ3v) is 3.23. The van der Waals surface area contributed by atoms with Gasteiger partial charge in [0.05, 0.1) is 0 Å². The lowest BCUT2D eigenvalue weighted by atomic mass is 10.2. The van der Waals surface area contributed by atoms with Crippen LogP contribution in [0, 0.1) is 0 Å². The maximum atomic E-state index is 5.84. The number of rotatable bonds is 5. The number of thioether (sulfide) groups is 1. The van der Waals surface area contributed by atoms with Crippen molar-refractivity contribution in [3.8, 4) is 0 Å². The normalized spacial score (nSPS) is 10.6. The Hall–Kier alpha value is -1.53. The standard InChI is InChI=1S/C11H14N4OS/c1-16-7-10-13-14-11(15(10)12)17-8-9-5-3-2-4-6-9/h2-6H,7-8,12H2,1H3. The lowest BCUT2D eigenvalue weighted by molar-refractivity contribution is 0.175. The monoisotopic (exact) mass is 250 g/mol. The zero-order valence-electron chi connectivity index (χ0n) is 9.54. The first kappa shape index (κ1) is 11.9. The van der Waals surface area contributed by atoms with Crippen molar-refractivity contribution in [1.29, 1.82) is 0 Å². The molecule has 0 radical (unpaired) electrons. The van der Waals surface area contributed by atoms with Crippen LogP contribution in [-0.2, 0) is 17.1 Å². The van der Waals surface area contributed by atoms with Gasteiger partial charge in [0.1, 0.15) is 6.61 Å². The number of ether oxygens (including phenoxy) is 1. The molecule has 0 amide bonds. The first-order valence-electron chi connectivity index (χ1n) is 5.16. The molecule has 0 bridgehead atoms. The van der Waals surface area contributed by atoms with Crippen LogP contribution in [0.15, 0.2) is 35.5 Å². The molecule has 0 spiro atoms. The number of hydrogen-bond acceptors (Lipinski definition) is 5. The minimum absolute atomic E-state index is 0.370. The lowest BCUT2D eigenvalue weighted by Gasteiger charge is -2.02. The fourth-order valence-electron chi connectivity index (χ4n) is 1.36. The molecule has 5 nitrogen and oxygen atoms in total. The van der Waals surface area contributed by atoms with E-state index in [9.17, 15) is 0 Å². The van der Waals surface area contributed by atoms with E-state index in [2.05, 4.69) is 22.3 Å². The van der Waals surface area contributed by atoms with E-state index in [1.807, 2.05) is 18.2 Å². The van der Waals surface area contributed by atoms with Gasteiger partial charge in [-0.2, -0.15) is 0 Å². The average molecular weight is 250 g/mol. The number of nitrogens with zero attached hydrogens (tertiary/aromatic N) is 3. The van der Waals surface area contributed by atoms with Crippen molar-refractivity contribution in [2.75, 3.05) is 13.0 Å². The summed E-state index contributed by atoms with van der Waals surface area (Å²) in [5.74, 6) is 7.29. The van der Waals surface area contributed by atoms with Gasteiger partial charge in [0.2, 0.25) is 5.16 Å². The molecule has 2 aromatic rings. The Balaban J connectivity index is 2.00. The summed E-state index contributed by atoms with van der Waals surface area (Å²) in [4.78, 5) is 0. The predicted molar refractivity (Wildman–Crippen MR) is 66.9 cm³/mol. The highest BCUT2D eigenvalue weighted by Gasteiger charge is 2.09. The summed E-state index contributed by atoms with van der Waals surface area (Å²) in [7, 11) is 1.60. The highest BCUT2D eigenvalue weighted by molar-refractivity contribution is 7.98. The Bertz CT molecular complexity index is 472. The molecule has 0 aliphatic rings. The van der Waals surface area contributed by atoms with E-state index in [4.69, 9.17) is 10.6 Å². The van der Waals surface area contributed by atoms with Crippen LogP contribution >= 0.6 is 11.8 Å². The van der Waals surface area contributed by atoms with E-state index in [1.54, 1.807) is 18.9 Å². The summed E-state index contributed by atoms with van der Waals surface area (Å²) < 4.78 is 6.44. The SMILES string of the molecule is COCc1nnc(SCc2ccccc2)n1N. The van der Waals surface area contributed by atoms with Crippen LogP contribution in [0.4, 0.5) is 0 Å². The molecule has 1 aromatic heterocycles. The van der Waals surface area contributed by atoms with Gasteiger partial charge in [0.25, 0.3) is 0 Å². The molecule has 0 saturated heterocycles. The Kier molecular flexibility index (Phi) is 4.00. The minimum Gasteiger partial charge on any atom is -0.377 e. The molecule has 6 heteroatoms. The Morgan fingerprint density at radius 1 is 1.29 bits per heavy atom. The maximum absolute atomic E-state index is 5.84. The van der Waals surface area contributed by atoms with E-state index in [0.29, 0.717) is 17.6 Å². The van der Waals surface area contributed by atoms with Crippen LogP contribution in [-0.4, -0.2) is 22.0 Å². The molecule has 0 aliphatic carbocycles. The lowest BCUT2D eigenvalue weighted by Crippen LogP contribution is -2.14. The Morgan fingerprint density at radius 3 is 2.76 bits per heavy atom. The average Bonchev–Trinajstić information content (AvgIpc) is 2.70. The molecule has 2 N–H and O–H groups in total. The van der Waals surface area contributed by atoms with Crippen molar-refractivity contribution in [1.82, 2.24) is 14.9 Å². The van der Waals surface area contributed by atoms with Crippen LogP contribution in [0.25, 0.3) is 0 Å². The fourth-order valence-corrected chi connectivity index (χ4v) is 2.19. The molecule has 2 rings (SSSR count). The van der Waals surface area contributed by atoms with Crippen molar-refractivity contribution >= 4 is 11.8 Å². The molecule has 0 atom stereocenters. The van der Waals surface area contributed by atoms with Crippen LogP contribution in [0.2, 0.25) is 0 Å². The summed E-state index contributed by atoms with van der Waals surface area (Å²) in [6.45, 7) is 0.370. The van der Waals surface area contributed by atoms with Gasteiger partial charge < -0.3 is 10.6 Å². The van der Waals surface area contributed by atoms with Gasteiger partial charge in [-0.15, -0.1) is 10.2 Å². The summed E-state index contributed by atoms with van der Waals surface area (Å²) in [5.41, 5.74) is 1.23. The van der Waals surface area contributed by atoms with Crippen LogP contribution in [0.5, 0.6) is 0 Å². The minimum atomic E-state index is 0.370. The quantitative estimate of drug-likeness (QED) is 0.642. The molecule has 17 heavy (non-hydrogen) atoms. The molecule has 1 heterocycles. The highest BCUT2D eigenvalue weighted by Crippen LogP contribution is 2.20. The number of nitrogen functional groups attached to an aromatic ring is 1. The van der Waals surface area contributed by atoms with Crippen molar-refractivity contribution < 1.29 is 4.74 Å². The zero-order chi connectivity index (χ0) is 12.1. The van der Waals surface area contributed by atoms with Crippen molar-refractivity contribution in [3.63, 3.8) is 0 Å². The molecular weight excluding hydrogens is 236 g/mol. The summed E-state index contributed by atoms with van der Waals surface area (Å²) >= 11 is 1.56. The first-order chi connectivity index (χ1) is 8.31. The van der Waals surface area contributed by atoms with Crippen LogP contribution < -0.4 is 5.84 Å². The van der Waals surface area contributed by atoms with E-state index < -0.39 is 0 Å². The Morgan fingerprint density at radius 2 is 2.06 bits per heavy atom. The van der Waals surface area contributed by atoms with E-state index >= 15 is 0 Å². The van der Waals surface area contributed by atoms with Crippen molar-refractivity contribution in [3.05, 3.63) is 41.7 Å². The predicted octanol–water partition coefficient (Wildman–Crippen LogP) is 1.43. The van der Waals surface area contributed by atoms with Crippen molar-refractivity contribution in [2.24, 2.45) is 0 Å². The number of methoxy groups -OCH3 is 1. The number of benzene rings is 1. The van der Waals surface area contributed by atoms with Crippen LogP contribution in [0.1, 0.15) is 11.4 Å². The molecule has 90 valence electrons.